The van der Waals surface area contributed by atoms with Crippen LogP contribution in [0.4, 0.5) is 0 Å². The molecule has 1 heterocycles. The highest BCUT2D eigenvalue weighted by molar-refractivity contribution is 5.76. The fourth-order valence-electron chi connectivity index (χ4n) is 2.71. The molecule has 1 amide bonds. The molecule has 0 N–H and O–H groups in total. The van der Waals surface area contributed by atoms with Crippen molar-refractivity contribution in [2.45, 2.75) is 47.2 Å². The van der Waals surface area contributed by atoms with Crippen molar-refractivity contribution in [3.63, 3.8) is 0 Å². The quantitative estimate of drug-likeness (QED) is 0.800. The van der Waals surface area contributed by atoms with Gasteiger partial charge < -0.3 is 4.90 Å². The van der Waals surface area contributed by atoms with Crippen molar-refractivity contribution in [3.8, 4) is 6.07 Å². The van der Waals surface area contributed by atoms with Crippen LogP contribution in [0, 0.1) is 32.1 Å². The van der Waals surface area contributed by atoms with Crippen LogP contribution in [0.25, 0.3) is 0 Å². The standard InChI is InChI=1S/C20H24N4O2/c1-5-10-23(12-17-8-6-14(2)7-9-17)19(25)13-24-20(26)18(11-21)15(3)16(4)22-24/h6-9H,5,10,12-13H2,1-4H3. The summed E-state index contributed by atoms with van der Waals surface area (Å²) in [5.74, 6) is -0.186. The molecule has 0 unspecified atom stereocenters. The van der Waals surface area contributed by atoms with Crippen molar-refractivity contribution in [1.82, 2.24) is 14.7 Å². The molecule has 0 spiro atoms. The van der Waals surface area contributed by atoms with Gasteiger partial charge in [0.1, 0.15) is 18.2 Å². The molecule has 26 heavy (non-hydrogen) atoms. The summed E-state index contributed by atoms with van der Waals surface area (Å²) in [5, 5.41) is 13.4. The Kier molecular flexibility index (Phi) is 6.29. The number of aromatic nitrogens is 2. The molecule has 0 aliphatic carbocycles. The average molecular weight is 352 g/mol. The van der Waals surface area contributed by atoms with E-state index in [-0.39, 0.29) is 18.0 Å². The van der Waals surface area contributed by atoms with Gasteiger partial charge in [-0.3, -0.25) is 9.59 Å². The molecule has 6 heteroatoms. The largest absolute Gasteiger partial charge is 0.337 e. The summed E-state index contributed by atoms with van der Waals surface area (Å²) in [7, 11) is 0. The number of aryl methyl sites for hydroxylation is 2. The molecule has 0 saturated heterocycles. The zero-order valence-electron chi connectivity index (χ0n) is 15.7. The van der Waals surface area contributed by atoms with Gasteiger partial charge in [-0.1, -0.05) is 36.8 Å². The summed E-state index contributed by atoms with van der Waals surface area (Å²) in [5.41, 5.74) is 2.87. The monoisotopic (exact) mass is 352 g/mol. The van der Waals surface area contributed by atoms with E-state index in [1.165, 1.54) is 0 Å². The van der Waals surface area contributed by atoms with Crippen LogP contribution in [-0.4, -0.2) is 27.1 Å². The third kappa shape index (κ3) is 4.37. The Hall–Kier alpha value is -2.94. The third-order valence-electron chi connectivity index (χ3n) is 4.37. The summed E-state index contributed by atoms with van der Waals surface area (Å²) in [6, 6.07) is 9.94. The molecular formula is C20H24N4O2. The predicted molar refractivity (Wildman–Crippen MR) is 99.6 cm³/mol. The van der Waals surface area contributed by atoms with Crippen LogP contribution in [0.15, 0.2) is 29.1 Å². The lowest BCUT2D eigenvalue weighted by Gasteiger charge is -2.23. The summed E-state index contributed by atoms with van der Waals surface area (Å²) in [6.45, 7) is 8.35. The van der Waals surface area contributed by atoms with Gasteiger partial charge in [-0.25, -0.2) is 4.68 Å². The van der Waals surface area contributed by atoms with Crippen LogP contribution in [0.2, 0.25) is 0 Å². The van der Waals surface area contributed by atoms with Gasteiger partial charge >= 0.3 is 0 Å². The van der Waals surface area contributed by atoms with Gasteiger partial charge in [-0.2, -0.15) is 10.4 Å². The molecular weight excluding hydrogens is 328 g/mol. The first-order valence-electron chi connectivity index (χ1n) is 8.69. The molecule has 136 valence electrons. The van der Waals surface area contributed by atoms with Crippen molar-refractivity contribution in [1.29, 1.82) is 5.26 Å². The second-order valence-electron chi connectivity index (χ2n) is 6.46. The summed E-state index contributed by atoms with van der Waals surface area (Å²) in [6.07, 6.45) is 0.816. The minimum absolute atomic E-state index is 0.0471. The van der Waals surface area contributed by atoms with E-state index in [1.54, 1.807) is 18.7 Å². The van der Waals surface area contributed by atoms with Gasteiger partial charge in [0.25, 0.3) is 5.56 Å². The fraction of sp³-hybridized carbons (Fsp3) is 0.400. The summed E-state index contributed by atoms with van der Waals surface area (Å²) in [4.78, 5) is 26.9. The number of nitrogens with zero attached hydrogens (tertiary/aromatic N) is 4. The number of carbonyl (C=O) groups excluding carboxylic acids is 1. The van der Waals surface area contributed by atoms with E-state index in [2.05, 4.69) is 5.10 Å². The van der Waals surface area contributed by atoms with Gasteiger partial charge in [0.05, 0.1) is 5.69 Å². The highest BCUT2D eigenvalue weighted by Gasteiger charge is 2.18. The Bertz CT molecular complexity index is 892. The maximum atomic E-state index is 12.8. The highest BCUT2D eigenvalue weighted by Crippen LogP contribution is 2.09. The topological polar surface area (TPSA) is 79.0 Å². The van der Waals surface area contributed by atoms with E-state index in [0.29, 0.717) is 24.3 Å². The van der Waals surface area contributed by atoms with Crippen LogP contribution in [0.5, 0.6) is 0 Å². The second kappa shape index (κ2) is 8.43. The van der Waals surface area contributed by atoms with Crippen molar-refractivity contribution < 1.29 is 4.79 Å². The van der Waals surface area contributed by atoms with E-state index in [0.717, 1.165) is 22.2 Å². The number of hydrogen-bond donors (Lipinski definition) is 0. The van der Waals surface area contributed by atoms with E-state index in [9.17, 15) is 14.9 Å². The highest BCUT2D eigenvalue weighted by atomic mass is 16.2. The molecule has 0 aliphatic rings. The normalized spacial score (nSPS) is 10.4. The van der Waals surface area contributed by atoms with Gasteiger partial charge in [0.2, 0.25) is 5.91 Å². The molecule has 2 aromatic rings. The Balaban J connectivity index is 2.25. The third-order valence-corrected chi connectivity index (χ3v) is 4.37. The molecule has 6 nitrogen and oxygen atoms in total. The van der Waals surface area contributed by atoms with Gasteiger partial charge in [0, 0.05) is 13.1 Å². The zero-order chi connectivity index (χ0) is 19.3. The second-order valence-corrected chi connectivity index (χ2v) is 6.46. The van der Waals surface area contributed by atoms with E-state index in [4.69, 9.17) is 0 Å². The molecule has 1 aromatic heterocycles. The number of rotatable bonds is 6. The smallest absolute Gasteiger partial charge is 0.285 e. The molecule has 1 aromatic carbocycles. The predicted octanol–water partition coefficient (Wildman–Crippen LogP) is 2.48. The van der Waals surface area contributed by atoms with E-state index in [1.807, 2.05) is 44.2 Å². The zero-order valence-corrected chi connectivity index (χ0v) is 15.7. The maximum absolute atomic E-state index is 12.8. The number of amides is 1. The molecule has 2 rings (SSSR count). The van der Waals surface area contributed by atoms with Crippen molar-refractivity contribution in [2.75, 3.05) is 6.54 Å². The Labute approximate surface area is 153 Å². The lowest BCUT2D eigenvalue weighted by molar-refractivity contribution is -0.132. The van der Waals surface area contributed by atoms with Crippen LogP contribution in [0.3, 0.4) is 0 Å². The van der Waals surface area contributed by atoms with Crippen molar-refractivity contribution in [2.24, 2.45) is 0 Å². The van der Waals surface area contributed by atoms with Crippen LogP contribution < -0.4 is 5.56 Å². The molecule has 0 fully saturated rings. The van der Waals surface area contributed by atoms with Gasteiger partial charge in [-0.15, -0.1) is 0 Å². The molecule has 0 bridgehead atoms. The summed E-state index contributed by atoms with van der Waals surface area (Å²) >= 11 is 0. The lowest BCUT2D eigenvalue weighted by Crippen LogP contribution is -2.38. The molecule has 0 saturated carbocycles. The first-order chi connectivity index (χ1) is 12.4. The molecule has 0 radical (unpaired) electrons. The van der Waals surface area contributed by atoms with Crippen LogP contribution in [0.1, 0.15) is 41.3 Å². The number of nitriles is 1. The van der Waals surface area contributed by atoms with E-state index >= 15 is 0 Å². The Morgan fingerprint density at radius 1 is 1.23 bits per heavy atom. The van der Waals surface area contributed by atoms with Crippen LogP contribution in [-0.2, 0) is 17.9 Å². The van der Waals surface area contributed by atoms with Crippen molar-refractivity contribution >= 4 is 5.91 Å². The van der Waals surface area contributed by atoms with Gasteiger partial charge in [0.15, 0.2) is 0 Å². The minimum Gasteiger partial charge on any atom is -0.337 e. The molecule has 0 aliphatic heterocycles. The number of hydrogen-bond acceptors (Lipinski definition) is 4. The van der Waals surface area contributed by atoms with Crippen molar-refractivity contribution in [3.05, 3.63) is 62.6 Å². The summed E-state index contributed by atoms with van der Waals surface area (Å²) < 4.78 is 1.10. The SMILES string of the molecule is CCCN(Cc1ccc(C)cc1)C(=O)Cn1nc(C)c(C)c(C#N)c1=O. The fourth-order valence-corrected chi connectivity index (χ4v) is 2.71. The average Bonchev–Trinajstić information content (AvgIpc) is 2.61. The maximum Gasteiger partial charge on any atom is 0.285 e. The Morgan fingerprint density at radius 2 is 1.88 bits per heavy atom. The van der Waals surface area contributed by atoms with Gasteiger partial charge in [-0.05, 0) is 38.3 Å². The van der Waals surface area contributed by atoms with Crippen LogP contribution >= 0.6 is 0 Å². The number of benzene rings is 1. The number of carbonyl (C=O) groups is 1. The van der Waals surface area contributed by atoms with E-state index < -0.39 is 5.56 Å². The minimum atomic E-state index is -0.518. The lowest BCUT2D eigenvalue weighted by atomic mass is 10.1. The first kappa shape index (κ1) is 19.4. The first-order valence-corrected chi connectivity index (χ1v) is 8.69. The Morgan fingerprint density at radius 3 is 2.46 bits per heavy atom. The molecule has 0 atom stereocenters.